The first-order valence-electron chi connectivity index (χ1n) is 20.9. The van der Waals surface area contributed by atoms with Gasteiger partial charge in [-0.2, -0.15) is 0 Å². The van der Waals surface area contributed by atoms with E-state index in [1.54, 1.807) is 36.9 Å². The zero-order chi connectivity index (χ0) is 50.3. The molecule has 5 nitrogen and oxygen atoms in total. The van der Waals surface area contributed by atoms with Gasteiger partial charge in [0.25, 0.3) is 0 Å². The van der Waals surface area contributed by atoms with Crippen LogP contribution in [0.2, 0.25) is 10.0 Å². The number of carbonyl (C=O) groups excluding carboxylic acids is 2. The number of aryl methyl sites for hydroxylation is 3. The normalized spacial score (nSPS) is 11.4. The summed E-state index contributed by atoms with van der Waals surface area (Å²) in [5.41, 5.74) is 6.10. The summed E-state index contributed by atoms with van der Waals surface area (Å²) in [4.78, 5) is 25.3. The molecular formula is C54H57Br2Cl2F3IN3O2S. The summed E-state index contributed by atoms with van der Waals surface area (Å²) < 4.78 is 40.8. The Bertz CT molecular complexity index is 2580. The zero-order valence-electron chi connectivity index (χ0n) is 38.2. The molecule has 6 aromatic carbocycles. The maximum Gasteiger partial charge on any atom is 0.234 e. The molecular weight excluding hydrogens is 1170 g/mol. The first kappa shape index (κ1) is 61.8. The fourth-order valence-corrected chi connectivity index (χ4v) is 7.18. The lowest BCUT2D eigenvalue weighted by atomic mass is 9.82. The van der Waals surface area contributed by atoms with Crippen molar-refractivity contribution in [2.24, 2.45) is 5.41 Å². The second-order valence-electron chi connectivity index (χ2n) is 15.2. The lowest BCUT2D eigenvalue weighted by Crippen LogP contribution is -2.58. The Kier molecular flexibility index (Phi) is 28.9. The molecule has 0 bridgehead atoms. The summed E-state index contributed by atoms with van der Waals surface area (Å²) in [7, 11) is 0. The number of benzene rings is 6. The van der Waals surface area contributed by atoms with Crippen molar-refractivity contribution in [1.82, 2.24) is 0 Å². The van der Waals surface area contributed by atoms with Crippen molar-refractivity contribution in [3.63, 3.8) is 0 Å². The van der Waals surface area contributed by atoms with E-state index in [0.717, 1.165) is 54.9 Å². The lowest BCUT2D eigenvalue weighted by molar-refractivity contribution is -0.132. The monoisotopic (exact) mass is 1220 g/mol. The first-order valence-corrected chi connectivity index (χ1v) is 24.7. The number of amides is 2. The van der Waals surface area contributed by atoms with Crippen LogP contribution in [0.15, 0.2) is 136 Å². The molecule has 2 amide bonds. The van der Waals surface area contributed by atoms with Gasteiger partial charge in [0, 0.05) is 48.1 Å². The quantitative estimate of drug-likeness (QED) is 0.0755. The van der Waals surface area contributed by atoms with Gasteiger partial charge < -0.3 is 15.5 Å². The summed E-state index contributed by atoms with van der Waals surface area (Å²) in [6.45, 7) is 14.2. The number of terminal acetylenes is 1. The molecule has 0 radical (unpaired) electrons. The molecule has 1 heterocycles. The Balaban J connectivity index is 0.000000411. The van der Waals surface area contributed by atoms with Crippen LogP contribution in [0.5, 0.6) is 0 Å². The van der Waals surface area contributed by atoms with Crippen LogP contribution in [0.25, 0.3) is 0 Å². The van der Waals surface area contributed by atoms with Gasteiger partial charge in [0.05, 0.1) is 20.4 Å². The third-order valence-electron chi connectivity index (χ3n) is 9.16. The molecule has 0 saturated carbocycles. The highest BCUT2D eigenvalue weighted by Crippen LogP contribution is 2.35. The van der Waals surface area contributed by atoms with Gasteiger partial charge in [-0.25, -0.2) is 13.2 Å². The topological polar surface area (TPSA) is 61.4 Å². The standard InChI is InChI=1S/C13H13NO.C9H10BrNS.C9H9ClFNO.C8H9Br.C7H6ClF.C7H6FI.CH4/c1-4-10-6-5-7-11(8-10)14-9-13(2,3)12(14)15;1-2-9(12)11-8-5-3-4-7(10)6-8;1-2-9(13)12-6-3-4-8(11)7(10)5-6;1-2-7-4-3-5-8(9)6-7;1-5-2-3-7(9)6(8)4-5;1-5-2-3-6(9)4-7(5)8;/h1,5-8H,9H2,2-3H3;3-6H,2H2,1H3,(H,11,12);3-5H,2H2,1H3,(H,12,13);3-6H,2H2,1H3;2*2-4H,1H3;1H4. The number of thiocarbonyl (C=S) groups is 1. The van der Waals surface area contributed by atoms with E-state index in [9.17, 15) is 22.8 Å². The summed E-state index contributed by atoms with van der Waals surface area (Å²) in [5.74, 6) is 1.64. The second kappa shape index (κ2) is 31.8. The summed E-state index contributed by atoms with van der Waals surface area (Å²) in [6, 6.07) is 37.7. The highest BCUT2D eigenvalue weighted by atomic mass is 127. The van der Waals surface area contributed by atoms with Crippen LogP contribution < -0.4 is 15.5 Å². The molecule has 362 valence electrons. The van der Waals surface area contributed by atoms with Gasteiger partial charge in [-0.1, -0.05) is 138 Å². The molecule has 0 atom stereocenters. The number of β-lactam (4-membered cyclic amide) rings is 1. The predicted molar refractivity (Wildman–Crippen MR) is 302 cm³/mol. The van der Waals surface area contributed by atoms with E-state index >= 15 is 0 Å². The molecule has 7 rings (SSSR count). The number of hydrogen-bond donors (Lipinski definition) is 2. The minimum atomic E-state index is -0.490. The SMILES string of the molecule is C.C#Cc1cccc(N2CC(C)(C)C2=O)c1.CCC(=O)Nc1ccc(F)c(Cl)c1.CCC(=S)Nc1cccc(Br)c1.CCc1cccc(Br)c1.Cc1ccc(F)c(Cl)c1.Cc1ccc(I)cc1F. The summed E-state index contributed by atoms with van der Waals surface area (Å²) >= 11 is 24.9. The number of rotatable bonds is 6. The lowest BCUT2D eigenvalue weighted by Gasteiger charge is -2.44. The maximum atomic E-state index is 12.7. The molecule has 14 heteroatoms. The largest absolute Gasteiger partial charge is 0.350 e. The summed E-state index contributed by atoms with van der Waals surface area (Å²) in [6.07, 6.45) is 7.68. The Morgan fingerprint density at radius 1 is 0.765 bits per heavy atom. The third kappa shape index (κ3) is 22.9. The van der Waals surface area contributed by atoms with Crippen molar-refractivity contribution in [1.29, 1.82) is 0 Å². The van der Waals surface area contributed by atoms with Crippen LogP contribution in [-0.2, 0) is 16.0 Å². The molecule has 6 aromatic rings. The summed E-state index contributed by atoms with van der Waals surface area (Å²) in [5, 5.41) is 5.90. The van der Waals surface area contributed by atoms with Gasteiger partial charge in [0.1, 0.15) is 17.5 Å². The highest BCUT2D eigenvalue weighted by Gasteiger charge is 2.44. The number of hydrogen-bond acceptors (Lipinski definition) is 3. The van der Waals surface area contributed by atoms with Gasteiger partial charge >= 0.3 is 0 Å². The minimum absolute atomic E-state index is 0. The maximum absolute atomic E-state index is 12.7. The number of nitrogens with one attached hydrogen (secondary N) is 2. The minimum Gasteiger partial charge on any atom is -0.350 e. The first-order chi connectivity index (χ1) is 31.6. The smallest absolute Gasteiger partial charge is 0.234 e. The molecule has 2 N–H and O–H groups in total. The van der Waals surface area contributed by atoms with E-state index in [0.29, 0.717) is 17.7 Å². The molecule has 1 fully saturated rings. The third-order valence-corrected chi connectivity index (χ3v) is 11.8. The molecule has 68 heavy (non-hydrogen) atoms. The van der Waals surface area contributed by atoms with Crippen molar-refractivity contribution in [2.75, 3.05) is 22.1 Å². The molecule has 1 aliphatic heterocycles. The van der Waals surface area contributed by atoms with Crippen LogP contribution in [0.3, 0.4) is 0 Å². The molecule has 0 aromatic heterocycles. The van der Waals surface area contributed by atoms with Crippen molar-refractivity contribution < 1.29 is 22.8 Å². The fraction of sp³-hybridized carbons (Fsp3) is 0.241. The van der Waals surface area contributed by atoms with E-state index in [4.69, 9.17) is 41.8 Å². The van der Waals surface area contributed by atoms with Gasteiger partial charge in [-0.05, 0) is 171 Å². The van der Waals surface area contributed by atoms with Gasteiger partial charge in [-0.15, -0.1) is 6.42 Å². The highest BCUT2D eigenvalue weighted by molar-refractivity contribution is 14.1. The van der Waals surface area contributed by atoms with Crippen molar-refractivity contribution in [2.45, 2.75) is 75.2 Å². The average Bonchev–Trinajstić information content (AvgIpc) is 3.30. The van der Waals surface area contributed by atoms with Crippen LogP contribution in [0, 0.1) is 52.6 Å². The Morgan fingerprint density at radius 3 is 1.82 bits per heavy atom. The second-order valence-corrected chi connectivity index (χ2v) is 19.6. The van der Waals surface area contributed by atoms with E-state index in [2.05, 4.69) is 96.1 Å². The Hall–Kier alpha value is -4.23. The van der Waals surface area contributed by atoms with Crippen LogP contribution in [-0.4, -0.2) is 23.3 Å². The van der Waals surface area contributed by atoms with Crippen LogP contribution in [0.1, 0.15) is 77.1 Å². The zero-order valence-corrected chi connectivity index (χ0v) is 45.9. The molecule has 1 aliphatic rings. The van der Waals surface area contributed by atoms with Crippen LogP contribution >= 0.6 is 89.9 Å². The number of anilines is 3. The Morgan fingerprint density at radius 2 is 1.35 bits per heavy atom. The van der Waals surface area contributed by atoms with E-state index in [-0.39, 0.29) is 46.3 Å². The van der Waals surface area contributed by atoms with Crippen LogP contribution in [0.4, 0.5) is 30.2 Å². The average molecular weight is 1230 g/mol. The Labute approximate surface area is 447 Å². The van der Waals surface area contributed by atoms with Gasteiger partial charge in [0.2, 0.25) is 11.8 Å². The number of carbonyl (C=O) groups is 2. The van der Waals surface area contributed by atoms with Gasteiger partial charge in [-0.3, -0.25) is 9.59 Å². The van der Waals surface area contributed by atoms with Crippen molar-refractivity contribution in [3.05, 3.63) is 190 Å². The van der Waals surface area contributed by atoms with Crippen molar-refractivity contribution >= 4 is 124 Å². The molecule has 0 unspecified atom stereocenters. The van der Waals surface area contributed by atoms with E-state index in [1.807, 2.05) is 88.4 Å². The fourth-order valence-electron chi connectivity index (χ4n) is 5.35. The predicted octanol–water partition coefficient (Wildman–Crippen LogP) is 17.6. The molecule has 0 spiro atoms. The number of halogens is 8. The van der Waals surface area contributed by atoms with E-state index < -0.39 is 5.82 Å². The van der Waals surface area contributed by atoms with Gasteiger partial charge in [0.15, 0.2) is 0 Å². The molecule has 0 aliphatic carbocycles. The van der Waals surface area contributed by atoms with Crippen molar-refractivity contribution in [3.8, 4) is 12.3 Å². The van der Waals surface area contributed by atoms with E-state index in [1.165, 1.54) is 40.4 Å². The number of nitrogens with zero attached hydrogens (tertiary/aromatic N) is 1. The molecule has 1 saturated heterocycles.